The fraction of sp³-hybridized carbons (Fsp3) is 0.355. The second kappa shape index (κ2) is 11.9. The fourth-order valence-corrected chi connectivity index (χ4v) is 6.46. The number of para-hydroxylation sites is 1. The number of carboxylic acid groups (broad SMARTS) is 1. The predicted octanol–water partition coefficient (Wildman–Crippen LogP) is 6.29. The first-order valence-electron chi connectivity index (χ1n) is 13.7. The van der Waals surface area contributed by atoms with Gasteiger partial charge in [-0.1, -0.05) is 48.5 Å². The Morgan fingerprint density at radius 1 is 1.05 bits per heavy atom. The number of hydrogen-bond donors (Lipinski definition) is 1. The SMILES string of the molecule is Cc1nc(-c2ccccc2)sc1C(=O)N1CCC(F)(F)/C(=C\C(=O)N2CCC(CCC(=O)O)CC2)c2ccccc21. The smallest absolute Gasteiger partial charge is 0.303 e. The summed E-state index contributed by atoms with van der Waals surface area (Å²) in [6.07, 6.45) is 2.28. The lowest BCUT2D eigenvalue weighted by molar-refractivity contribution is -0.137. The van der Waals surface area contributed by atoms with Crippen molar-refractivity contribution in [3.8, 4) is 10.6 Å². The Morgan fingerprint density at radius 3 is 2.44 bits per heavy atom. The van der Waals surface area contributed by atoms with Gasteiger partial charge in [0.15, 0.2) is 0 Å². The highest BCUT2D eigenvalue weighted by atomic mass is 32.1. The maximum Gasteiger partial charge on any atom is 0.303 e. The minimum absolute atomic E-state index is 0.0789. The van der Waals surface area contributed by atoms with Gasteiger partial charge in [0.25, 0.3) is 11.8 Å². The number of fused-ring (bicyclic) bond motifs is 1. The molecule has 1 fully saturated rings. The van der Waals surface area contributed by atoms with Gasteiger partial charge in [0.1, 0.15) is 9.88 Å². The number of hydrogen-bond acceptors (Lipinski definition) is 5. The van der Waals surface area contributed by atoms with Crippen LogP contribution in [0.3, 0.4) is 0 Å². The van der Waals surface area contributed by atoms with Crippen LogP contribution in [0, 0.1) is 12.8 Å². The number of benzene rings is 2. The number of aryl methyl sites for hydroxylation is 1. The molecular weight excluding hydrogens is 548 g/mol. The molecular formula is C31H31F2N3O4S. The van der Waals surface area contributed by atoms with Crippen molar-refractivity contribution in [3.63, 3.8) is 0 Å². The van der Waals surface area contributed by atoms with Crippen LogP contribution in [0.1, 0.15) is 53.0 Å². The van der Waals surface area contributed by atoms with Gasteiger partial charge in [-0.05, 0) is 38.2 Å². The third-order valence-electron chi connectivity index (χ3n) is 7.75. The molecule has 2 aromatic carbocycles. The van der Waals surface area contributed by atoms with Crippen LogP contribution >= 0.6 is 11.3 Å². The van der Waals surface area contributed by atoms with Gasteiger partial charge in [0, 0.05) is 55.3 Å². The molecule has 0 saturated carbocycles. The number of allylic oxidation sites excluding steroid dienone is 1. The molecule has 10 heteroatoms. The average molecular weight is 580 g/mol. The van der Waals surface area contributed by atoms with E-state index in [2.05, 4.69) is 4.98 Å². The Labute approximate surface area is 241 Å². The Kier molecular flexibility index (Phi) is 8.30. The molecule has 41 heavy (non-hydrogen) atoms. The van der Waals surface area contributed by atoms with Crippen LogP contribution in [0.5, 0.6) is 0 Å². The van der Waals surface area contributed by atoms with Gasteiger partial charge in [-0.15, -0.1) is 11.3 Å². The number of carbonyl (C=O) groups is 3. The number of anilines is 1. The second-order valence-corrected chi connectivity index (χ2v) is 11.5. The number of aromatic nitrogens is 1. The van der Waals surface area contributed by atoms with Crippen molar-refractivity contribution in [1.29, 1.82) is 0 Å². The summed E-state index contributed by atoms with van der Waals surface area (Å²) in [4.78, 5) is 45.8. The van der Waals surface area contributed by atoms with Crippen molar-refractivity contribution >= 4 is 40.4 Å². The standard InChI is InChI=1S/C31H31F2N3O4S/c1-20-28(41-29(34-20)22-7-3-2-4-8-22)30(40)36-18-15-31(32,33)24(23-9-5-6-10-25(23)36)19-26(37)35-16-13-21(14-17-35)11-12-27(38)39/h2-10,19,21H,11-18H2,1H3,(H,38,39)/b24-19-. The molecule has 2 aliphatic heterocycles. The number of thiazole rings is 1. The number of carboxylic acids is 1. The van der Waals surface area contributed by atoms with E-state index in [9.17, 15) is 14.4 Å². The van der Waals surface area contributed by atoms with E-state index < -0.39 is 35.7 Å². The highest BCUT2D eigenvalue weighted by Crippen LogP contribution is 2.44. The van der Waals surface area contributed by atoms with E-state index in [4.69, 9.17) is 5.11 Å². The molecule has 0 spiro atoms. The van der Waals surface area contributed by atoms with E-state index in [0.717, 1.165) is 11.6 Å². The monoisotopic (exact) mass is 579 g/mol. The van der Waals surface area contributed by atoms with Crippen LogP contribution in [-0.2, 0) is 9.59 Å². The van der Waals surface area contributed by atoms with E-state index in [1.54, 1.807) is 30.0 Å². The third-order valence-corrected chi connectivity index (χ3v) is 8.94. The highest BCUT2D eigenvalue weighted by Gasteiger charge is 2.42. The Balaban J connectivity index is 1.41. The topological polar surface area (TPSA) is 90.8 Å². The summed E-state index contributed by atoms with van der Waals surface area (Å²) in [6.45, 7) is 2.29. The van der Waals surface area contributed by atoms with Crippen LogP contribution in [0.4, 0.5) is 14.5 Å². The minimum atomic E-state index is -3.33. The largest absolute Gasteiger partial charge is 0.481 e. The summed E-state index contributed by atoms with van der Waals surface area (Å²) < 4.78 is 31.3. The number of alkyl halides is 2. The predicted molar refractivity (Wildman–Crippen MR) is 154 cm³/mol. The molecule has 7 nitrogen and oxygen atoms in total. The van der Waals surface area contributed by atoms with Crippen molar-refractivity contribution in [1.82, 2.24) is 9.88 Å². The van der Waals surface area contributed by atoms with Crippen molar-refractivity contribution in [2.75, 3.05) is 24.5 Å². The summed E-state index contributed by atoms with van der Waals surface area (Å²) in [5.74, 6) is -4.89. The van der Waals surface area contributed by atoms with Crippen LogP contribution in [-0.4, -0.2) is 58.3 Å². The van der Waals surface area contributed by atoms with Crippen LogP contribution in [0.15, 0.2) is 60.7 Å². The van der Waals surface area contributed by atoms with Gasteiger partial charge in [-0.25, -0.2) is 13.8 Å². The number of piperidine rings is 1. The van der Waals surface area contributed by atoms with E-state index in [1.165, 1.54) is 22.3 Å². The molecule has 1 saturated heterocycles. The number of rotatable bonds is 6. The number of nitrogens with zero attached hydrogens (tertiary/aromatic N) is 3. The average Bonchev–Trinajstić information content (AvgIpc) is 3.32. The van der Waals surface area contributed by atoms with Crippen molar-refractivity contribution in [3.05, 3.63) is 76.8 Å². The lowest BCUT2D eigenvalue weighted by Crippen LogP contribution is -2.38. The maximum absolute atomic E-state index is 15.7. The first-order valence-corrected chi connectivity index (χ1v) is 14.5. The zero-order chi connectivity index (χ0) is 29.1. The van der Waals surface area contributed by atoms with Crippen LogP contribution in [0.25, 0.3) is 16.1 Å². The molecule has 2 amide bonds. The summed E-state index contributed by atoms with van der Waals surface area (Å²) in [6, 6.07) is 16.0. The quantitative estimate of drug-likeness (QED) is 0.347. The first-order chi connectivity index (χ1) is 19.6. The first kappa shape index (κ1) is 28.6. The summed E-state index contributed by atoms with van der Waals surface area (Å²) in [7, 11) is 0. The Bertz CT molecular complexity index is 1480. The van der Waals surface area contributed by atoms with Crippen molar-refractivity contribution in [2.45, 2.75) is 45.0 Å². The number of amides is 2. The van der Waals surface area contributed by atoms with E-state index in [0.29, 0.717) is 53.6 Å². The number of halogens is 2. The normalized spacial score (nSPS) is 18.2. The molecule has 0 atom stereocenters. The maximum atomic E-state index is 15.7. The molecule has 5 rings (SSSR count). The third kappa shape index (κ3) is 6.22. The van der Waals surface area contributed by atoms with Gasteiger partial charge < -0.3 is 14.9 Å². The molecule has 214 valence electrons. The number of likely N-dealkylation sites (tertiary alicyclic amines) is 1. The van der Waals surface area contributed by atoms with Gasteiger partial charge in [-0.3, -0.25) is 14.4 Å². The van der Waals surface area contributed by atoms with Gasteiger partial charge >= 0.3 is 5.97 Å². The fourth-order valence-electron chi connectivity index (χ4n) is 5.44. The summed E-state index contributed by atoms with van der Waals surface area (Å²) in [5, 5.41) is 9.61. The number of carbonyl (C=O) groups excluding carboxylic acids is 2. The Morgan fingerprint density at radius 2 is 1.73 bits per heavy atom. The number of aliphatic carboxylic acids is 1. The Hall–Kier alpha value is -3.92. The van der Waals surface area contributed by atoms with Crippen LogP contribution < -0.4 is 4.90 Å². The molecule has 0 aliphatic carbocycles. The van der Waals surface area contributed by atoms with Crippen LogP contribution in [0.2, 0.25) is 0 Å². The molecule has 0 bridgehead atoms. The molecule has 2 aliphatic rings. The van der Waals surface area contributed by atoms with Crippen molar-refractivity contribution < 1.29 is 28.3 Å². The van der Waals surface area contributed by atoms with Gasteiger partial charge in [0.05, 0.1) is 11.4 Å². The summed E-state index contributed by atoms with van der Waals surface area (Å²) in [5.41, 5.74) is 1.49. The lowest BCUT2D eigenvalue weighted by atomic mass is 9.91. The zero-order valence-electron chi connectivity index (χ0n) is 22.7. The molecule has 0 unspecified atom stereocenters. The van der Waals surface area contributed by atoms with E-state index in [1.807, 2.05) is 30.3 Å². The molecule has 1 aromatic heterocycles. The molecule has 0 radical (unpaired) electrons. The zero-order valence-corrected chi connectivity index (χ0v) is 23.5. The van der Waals surface area contributed by atoms with Gasteiger partial charge in [-0.2, -0.15) is 0 Å². The van der Waals surface area contributed by atoms with E-state index >= 15 is 8.78 Å². The minimum Gasteiger partial charge on any atom is -0.481 e. The van der Waals surface area contributed by atoms with E-state index in [-0.39, 0.29) is 24.4 Å². The van der Waals surface area contributed by atoms with Crippen molar-refractivity contribution in [2.24, 2.45) is 5.92 Å². The van der Waals surface area contributed by atoms with Gasteiger partial charge in [0.2, 0.25) is 5.91 Å². The molecule has 3 heterocycles. The molecule has 3 aromatic rings. The summed E-state index contributed by atoms with van der Waals surface area (Å²) >= 11 is 1.23. The second-order valence-electron chi connectivity index (χ2n) is 10.5. The lowest BCUT2D eigenvalue weighted by Gasteiger charge is -2.31. The highest BCUT2D eigenvalue weighted by molar-refractivity contribution is 7.17. The molecule has 1 N–H and O–H groups in total.